The van der Waals surface area contributed by atoms with Crippen molar-refractivity contribution in [3.63, 3.8) is 0 Å². The number of hydrogen-bond acceptors (Lipinski definition) is 3. The molecule has 0 aromatic heterocycles. The van der Waals surface area contributed by atoms with Crippen molar-refractivity contribution in [1.82, 2.24) is 15.5 Å². The molecule has 3 rings (SSSR count). The molecule has 0 aromatic carbocycles. The van der Waals surface area contributed by atoms with Gasteiger partial charge in [0, 0.05) is 25.0 Å². The third kappa shape index (κ3) is 2.55. The summed E-state index contributed by atoms with van der Waals surface area (Å²) in [6, 6.07) is 0.398. The van der Waals surface area contributed by atoms with E-state index in [1.54, 1.807) is 0 Å². The van der Waals surface area contributed by atoms with E-state index in [2.05, 4.69) is 15.5 Å². The van der Waals surface area contributed by atoms with Crippen LogP contribution in [0.3, 0.4) is 0 Å². The molecule has 2 unspecified atom stereocenters. The first-order chi connectivity index (χ1) is 7.70. The molecule has 3 aliphatic heterocycles. The van der Waals surface area contributed by atoms with E-state index in [1.165, 1.54) is 25.9 Å². The van der Waals surface area contributed by atoms with Gasteiger partial charge in [-0.3, -0.25) is 4.79 Å². The van der Waals surface area contributed by atoms with Crippen LogP contribution >= 0.6 is 0 Å². The number of hydrogen-bond donors (Lipinski definition) is 2. The number of nitrogens with zero attached hydrogens (tertiary/aromatic N) is 1. The van der Waals surface area contributed by atoms with Gasteiger partial charge in [-0.05, 0) is 38.9 Å². The summed E-state index contributed by atoms with van der Waals surface area (Å²) >= 11 is 0. The number of fused-ring (bicyclic) bond motifs is 3. The van der Waals surface area contributed by atoms with Crippen LogP contribution in [0.15, 0.2) is 0 Å². The second-order valence-electron chi connectivity index (χ2n) is 5.21. The van der Waals surface area contributed by atoms with E-state index < -0.39 is 0 Å². The Kier molecular flexibility index (Phi) is 3.82. The molecule has 16 heavy (non-hydrogen) atoms. The second kappa shape index (κ2) is 5.15. The van der Waals surface area contributed by atoms with Crippen molar-refractivity contribution in [3.8, 4) is 0 Å². The van der Waals surface area contributed by atoms with Gasteiger partial charge in [-0.2, -0.15) is 0 Å². The monoisotopic (exact) mass is 225 g/mol. The minimum atomic E-state index is 0.0699. The van der Waals surface area contributed by atoms with Crippen LogP contribution in [0.5, 0.6) is 0 Å². The molecule has 1 amide bonds. The Morgan fingerprint density at radius 1 is 1.44 bits per heavy atom. The lowest BCUT2D eigenvalue weighted by molar-refractivity contribution is -0.126. The van der Waals surface area contributed by atoms with Crippen LogP contribution in [0.2, 0.25) is 0 Å². The van der Waals surface area contributed by atoms with Gasteiger partial charge in [0.2, 0.25) is 5.91 Å². The first kappa shape index (κ1) is 11.9. The van der Waals surface area contributed by atoms with Gasteiger partial charge in [0.25, 0.3) is 0 Å². The molecule has 2 N–H and O–H groups in total. The quantitative estimate of drug-likeness (QED) is 0.711. The highest BCUT2D eigenvalue weighted by atomic mass is 16.2. The van der Waals surface area contributed by atoms with Crippen molar-refractivity contribution >= 4 is 5.91 Å². The summed E-state index contributed by atoms with van der Waals surface area (Å²) < 4.78 is 0. The predicted octanol–water partition coefficient (Wildman–Crippen LogP) is 0.0523. The first-order valence-corrected chi connectivity index (χ1v) is 6.38. The van der Waals surface area contributed by atoms with Crippen LogP contribution in [-0.2, 0) is 4.79 Å². The van der Waals surface area contributed by atoms with Crippen LogP contribution in [-0.4, -0.2) is 50.1 Å². The van der Waals surface area contributed by atoms with Crippen molar-refractivity contribution < 1.29 is 4.79 Å². The minimum absolute atomic E-state index is 0.0699. The summed E-state index contributed by atoms with van der Waals surface area (Å²) in [7, 11) is 1.89. The summed E-state index contributed by atoms with van der Waals surface area (Å²) in [6.45, 7) is 6.25. The molecule has 2 bridgehead atoms. The summed E-state index contributed by atoms with van der Waals surface area (Å²) in [5.74, 6) is 0.990. The fraction of sp³-hybridized carbons (Fsp3) is 0.917. The molecule has 3 saturated heterocycles. The van der Waals surface area contributed by atoms with Crippen LogP contribution in [0.25, 0.3) is 0 Å². The standard InChI is InChI=1S/C12H23N3O/c1-9(7-13-2)12(16)14-11-8-15-5-3-10(11)4-6-15/h9-11,13H,3-8H2,1-2H3,(H,14,16). The van der Waals surface area contributed by atoms with Gasteiger partial charge in [-0.1, -0.05) is 6.92 Å². The fourth-order valence-electron chi connectivity index (χ4n) is 2.85. The van der Waals surface area contributed by atoms with Crippen LogP contribution < -0.4 is 10.6 Å². The minimum Gasteiger partial charge on any atom is -0.352 e. The lowest BCUT2D eigenvalue weighted by Gasteiger charge is -2.45. The average Bonchev–Trinajstić information content (AvgIpc) is 2.31. The van der Waals surface area contributed by atoms with E-state index in [0.29, 0.717) is 6.04 Å². The van der Waals surface area contributed by atoms with E-state index in [4.69, 9.17) is 0 Å². The van der Waals surface area contributed by atoms with Gasteiger partial charge in [0.1, 0.15) is 0 Å². The number of amides is 1. The van der Waals surface area contributed by atoms with Crippen LogP contribution in [0, 0.1) is 11.8 Å². The highest BCUT2D eigenvalue weighted by molar-refractivity contribution is 5.78. The number of nitrogens with one attached hydrogen (secondary N) is 2. The lowest BCUT2D eigenvalue weighted by Crippen LogP contribution is -2.58. The molecule has 92 valence electrons. The van der Waals surface area contributed by atoms with Gasteiger partial charge >= 0.3 is 0 Å². The Bertz CT molecular complexity index is 249. The van der Waals surface area contributed by atoms with Gasteiger partial charge in [0.15, 0.2) is 0 Å². The first-order valence-electron chi connectivity index (χ1n) is 6.38. The number of carbonyl (C=O) groups is 1. The molecule has 4 nitrogen and oxygen atoms in total. The van der Waals surface area contributed by atoms with Crippen molar-refractivity contribution in [2.45, 2.75) is 25.8 Å². The maximum Gasteiger partial charge on any atom is 0.224 e. The Hall–Kier alpha value is -0.610. The van der Waals surface area contributed by atoms with E-state index in [9.17, 15) is 4.79 Å². The molecule has 0 radical (unpaired) electrons. The second-order valence-corrected chi connectivity index (χ2v) is 5.21. The Morgan fingerprint density at radius 3 is 2.62 bits per heavy atom. The zero-order chi connectivity index (χ0) is 11.5. The van der Waals surface area contributed by atoms with E-state index in [0.717, 1.165) is 19.0 Å². The topological polar surface area (TPSA) is 44.4 Å². The molecular weight excluding hydrogens is 202 g/mol. The summed E-state index contributed by atoms with van der Waals surface area (Å²) in [5, 5.41) is 6.26. The van der Waals surface area contributed by atoms with E-state index in [-0.39, 0.29) is 11.8 Å². The summed E-state index contributed by atoms with van der Waals surface area (Å²) in [5.41, 5.74) is 0. The zero-order valence-electron chi connectivity index (χ0n) is 10.3. The number of rotatable bonds is 4. The Balaban J connectivity index is 1.83. The fourth-order valence-corrected chi connectivity index (χ4v) is 2.85. The Labute approximate surface area is 97.8 Å². The molecule has 0 spiro atoms. The van der Waals surface area contributed by atoms with E-state index >= 15 is 0 Å². The summed E-state index contributed by atoms with van der Waals surface area (Å²) in [6.07, 6.45) is 2.51. The van der Waals surface area contributed by atoms with Crippen LogP contribution in [0.4, 0.5) is 0 Å². The van der Waals surface area contributed by atoms with Gasteiger partial charge in [-0.15, -0.1) is 0 Å². The van der Waals surface area contributed by atoms with E-state index in [1.807, 2.05) is 14.0 Å². The molecule has 0 aliphatic carbocycles. The smallest absolute Gasteiger partial charge is 0.224 e. The molecular formula is C12H23N3O. The Morgan fingerprint density at radius 2 is 2.12 bits per heavy atom. The van der Waals surface area contributed by atoms with Crippen molar-refractivity contribution in [2.75, 3.05) is 33.2 Å². The normalized spacial score (nSPS) is 34.8. The van der Waals surface area contributed by atoms with Crippen LogP contribution in [0.1, 0.15) is 19.8 Å². The molecule has 4 heteroatoms. The average molecular weight is 225 g/mol. The zero-order valence-corrected chi connectivity index (χ0v) is 10.3. The highest BCUT2D eigenvalue weighted by Crippen LogP contribution is 2.27. The predicted molar refractivity (Wildman–Crippen MR) is 64.2 cm³/mol. The largest absolute Gasteiger partial charge is 0.352 e. The molecule has 3 aliphatic rings. The molecule has 3 fully saturated rings. The lowest BCUT2D eigenvalue weighted by atomic mass is 9.84. The maximum atomic E-state index is 11.9. The van der Waals surface area contributed by atoms with Crippen molar-refractivity contribution in [3.05, 3.63) is 0 Å². The molecule has 3 heterocycles. The third-order valence-corrected chi connectivity index (χ3v) is 3.94. The van der Waals surface area contributed by atoms with Gasteiger partial charge < -0.3 is 15.5 Å². The molecule has 2 atom stereocenters. The third-order valence-electron chi connectivity index (χ3n) is 3.94. The number of carbonyl (C=O) groups excluding carboxylic acids is 1. The van der Waals surface area contributed by atoms with Crippen molar-refractivity contribution in [1.29, 1.82) is 0 Å². The summed E-state index contributed by atoms with van der Waals surface area (Å²) in [4.78, 5) is 14.4. The molecule has 0 saturated carbocycles. The highest BCUT2D eigenvalue weighted by Gasteiger charge is 2.35. The SMILES string of the molecule is CNCC(C)C(=O)NC1CN2CCC1CC2. The number of piperidine rings is 3. The maximum absolute atomic E-state index is 11.9. The van der Waals surface area contributed by atoms with Crippen molar-refractivity contribution in [2.24, 2.45) is 11.8 Å². The van der Waals surface area contributed by atoms with Gasteiger partial charge in [-0.25, -0.2) is 0 Å². The molecule has 0 aromatic rings. The van der Waals surface area contributed by atoms with Gasteiger partial charge in [0.05, 0.1) is 0 Å².